The molecule has 0 aromatic heterocycles. The van der Waals surface area contributed by atoms with E-state index in [2.05, 4.69) is 30.8 Å². The van der Waals surface area contributed by atoms with Crippen LogP contribution < -0.4 is 14.8 Å². The highest BCUT2D eigenvalue weighted by Gasteiger charge is 2.13. The fourth-order valence-electron chi connectivity index (χ4n) is 1.50. The molecule has 0 radical (unpaired) electrons. The zero-order valence-electron chi connectivity index (χ0n) is 12.8. The van der Waals surface area contributed by atoms with Crippen molar-refractivity contribution in [3.8, 4) is 11.5 Å². The van der Waals surface area contributed by atoms with E-state index >= 15 is 0 Å². The Hall–Kier alpha value is -1.75. The number of benzene rings is 1. The standard InChI is InChI=1S/C15H23NO4/c1-15(2,3)16-9-11-6-7-12(18-4)8-13(11)20-10-14(17)19-5/h6-8,16H,9-10H2,1-5H3. The molecule has 0 saturated heterocycles. The lowest BCUT2D eigenvalue weighted by Crippen LogP contribution is -2.35. The predicted octanol–water partition coefficient (Wildman–Crippen LogP) is 2.14. The van der Waals surface area contributed by atoms with Gasteiger partial charge in [-0.15, -0.1) is 0 Å². The Bertz CT molecular complexity index is 452. The fraction of sp³-hybridized carbons (Fsp3) is 0.533. The molecule has 5 nitrogen and oxygen atoms in total. The van der Waals surface area contributed by atoms with Crippen LogP contribution in [0.1, 0.15) is 26.3 Å². The van der Waals surface area contributed by atoms with Crippen LogP contribution in [0.15, 0.2) is 18.2 Å². The molecule has 0 heterocycles. The lowest BCUT2D eigenvalue weighted by Gasteiger charge is -2.21. The molecule has 1 aromatic carbocycles. The Morgan fingerprint density at radius 1 is 1.25 bits per heavy atom. The van der Waals surface area contributed by atoms with Crippen molar-refractivity contribution in [2.45, 2.75) is 32.9 Å². The Morgan fingerprint density at radius 3 is 2.50 bits per heavy atom. The maximum absolute atomic E-state index is 11.2. The Labute approximate surface area is 120 Å². The zero-order chi connectivity index (χ0) is 15.2. The largest absolute Gasteiger partial charge is 0.497 e. The van der Waals surface area contributed by atoms with E-state index in [1.54, 1.807) is 13.2 Å². The van der Waals surface area contributed by atoms with Gasteiger partial charge in [0.1, 0.15) is 11.5 Å². The lowest BCUT2D eigenvalue weighted by molar-refractivity contribution is -0.142. The predicted molar refractivity (Wildman–Crippen MR) is 77.1 cm³/mol. The summed E-state index contributed by atoms with van der Waals surface area (Å²) in [7, 11) is 2.92. The van der Waals surface area contributed by atoms with Gasteiger partial charge >= 0.3 is 5.97 Å². The molecule has 0 saturated carbocycles. The third-order valence-electron chi connectivity index (χ3n) is 2.66. The van der Waals surface area contributed by atoms with Gasteiger partial charge in [0.15, 0.2) is 6.61 Å². The number of carbonyl (C=O) groups is 1. The monoisotopic (exact) mass is 281 g/mol. The van der Waals surface area contributed by atoms with Gasteiger partial charge in [-0.25, -0.2) is 4.79 Å². The van der Waals surface area contributed by atoms with Crippen LogP contribution in [0.4, 0.5) is 0 Å². The zero-order valence-corrected chi connectivity index (χ0v) is 12.8. The molecule has 0 amide bonds. The first-order valence-corrected chi connectivity index (χ1v) is 6.47. The third kappa shape index (κ3) is 5.48. The number of hydrogen-bond donors (Lipinski definition) is 1. The number of carbonyl (C=O) groups excluding carboxylic acids is 1. The number of rotatable bonds is 6. The highest BCUT2D eigenvalue weighted by Crippen LogP contribution is 2.25. The number of methoxy groups -OCH3 is 2. The van der Waals surface area contributed by atoms with Crippen molar-refractivity contribution in [3.05, 3.63) is 23.8 Å². The van der Waals surface area contributed by atoms with Crippen molar-refractivity contribution in [1.82, 2.24) is 5.32 Å². The minimum atomic E-state index is -0.414. The van der Waals surface area contributed by atoms with Crippen LogP contribution in [0, 0.1) is 0 Å². The summed E-state index contributed by atoms with van der Waals surface area (Å²) in [6.45, 7) is 6.79. The minimum Gasteiger partial charge on any atom is -0.497 e. The van der Waals surface area contributed by atoms with Crippen LogP contribution in [0.3, 0.4) is 0 Å². The maximum atomic E-state index is 11.2. The summed E-state index contributed by atoms with van der Waals surface area (Å²) in [5, 5.41) is 3.38. The number of nitrogens with one attached hydrogen (secondary N) is 1. The Morgan fingerprint density at radius 2 is 1.95 bits per heavy atom. The molecule has 1 N–H and O–H groups in total. The van der Waals surface area contributed by atoms with Crippen LogP contribution in [-0.4, -0.2) is 32.3 Å². The second-order valence-electron chi connectivity index (χ2n) is 5.44. The summed E-state index contributed by atoms with van der Waals surface area (Å²) in [4.78, 5) is 11.2. The lowest BCUT2D eigenvalue weighted by atomic mass is 10.1. The molecular formula is C15H23NO4. The van der Waals surface area contributed by atoms with Gasteiger partial charge in [-0.3, -0.25) is 0 Å². The van der Waals surface area contributed by atoms with E-state index in [0.29, 0.717) is 18.0 Å². The molecule has 112 valence electrons. The van der Waals surface area contributed by atoms with Gasteiger partial charge < -0.3 is 19.5 Å². The van der Waals surface area contributed by atoms with Gasteiger partial charge in [-0.05, 0) is 26.8 Å². The van der Waals surface area contributed by atoms with Crippen molar-refractivity contribution in [3.63, 3.8) is 0 Å². The van der Waals surface area contributed by atoms with Crippen molar-refractivity contribution < 1.29 is 19.0 Å². The van der Waals surface area contributed by atoms with E-state index in [-0.39, 0.29) is 12.1 Å². The Kier molecular flexibility index (Phi) is 5.82. The van der Waals surface area contributed by atoms with Crippen LogP contribution in [0.25, 0.3) is 0 Å². The topological polar surface area (TPSA) is 56.8 Å². The van der Waals surface area contributed by atoms with E-state index in [9.17, 15) is 4.79 Å². The molecule has 0 aliphatic rings. The minimum absolute atomic E-state index is 0.000450. The summed E-state index contributed by atoms with van der Waals surface area (Å²) in [6.07, 6.45) is 0. The van der Waals surface area contributed by atoms with Crippen LogP contribution in [0.2, 0.25) is 0 Å². The van der Waals surface area contributed by atoms with Crippen molar-refractivity contribution in [2.75, 3.05) is 20.8 Å². The third-order valence-corrected chi connectivity index (χ3v) is 2.66. The number of hydrogen-bond acceptors (Lipinski definition) is 5. The molecule has 5 heteroatoms. The first-order chi connectivity index (χ1) is 9.35. The summed E-state index contributed by atoms with van der Waals surface area (Å²) >= 11 is 0. The second kappa shape index (κ2) is 7.14. The van der Waals surface area contributed by atoms with Crippen LogP contribution in [-0.2, 0) is 16.1 Å². The summed E-state index contributed by atoms with van der Waals surface area (Å²) < 4.78 is 15.2. The number of ether oxygens (including phenoxy) is 3. The smallest absolute Gasteiger partial charge is 0.343 e. The quantitative estimate of drug-likeness (QED) is 0.810. The van der Waals surface area contributed by atoms with E-state index < -0.39 is 5.97 Å². The van der Waals surface area contributed by atoms with Crippen LogP contribution in [0.5, 0.6) is 11.5 Å². The molecule has 0 aliphatic carbocycles. The highest BCUT2D eigenvalue weighted by molar-refractivity contribution is 5.71. The average molecular weight is 281 g/mol. The van der Waals surface area contributed by atoms with Gasteiger partial charge in [0.2, 0.25) is 0 Å². The summed E-state index contributed by atoms with van der Waals surface area (Å²) in [5.74, 6) is 0.887. The molecule has 0 aliphatic heterocycles. The molecular weight excluding hydrogens is 258 g/mol. The van der Waals surface area contributed by atoms with Gasteiger partial charge in [0.25, 0.3) is 0 Å². The SMILES string of the molecule is COC(=O)COc1cc(OC)ccc1CNC(C)(C)C. The molecule has 20 heavy (non-hydrogen) atoms. The molecule has 0 unspecified atom stereocenters. The van der Waals surface area contributed by atoms with E-state index in [0.717, 1.165) is 5.56 Å². The molecule has 0 fully saturated rings. The molecule has 1 aromatic rings. The van der Waals surface area contributed by atoms with E-state index in [4.69, 9.17) is 9.47 Å². The molecule has 0 atom stereocenters. The normalized spacial score (nSPS) is 11.1. The highest BCUT2D eigenvalue weighted by atomic mass is 16.6. The van der Waals surface area contributed by atoms with Crippen molar-refractivity contribution >= 4 is 5.97 Å². The van der Waals surface area contributed by atoms with E-state index in [1.165, 1.54) is 7.11 Å². The second-order valence-corrected chi connectivity index (χ2v) is 5.44. The first-order valence-electron chi connectivity index (χ1n) is 6.47. The average Bonchev–Trinajstić information content (AvgIpc) is 2.41. The number of esters is 1. The maximum Gasteiger partial charge on any atom is 0.343 e. The Balaban J connectivity index is 2.83. The molecule has 1 rings (SSSR count). The summed E-state index contributed by atoms with van der Waals surface area (Å²) in [6, 6.07) is 5.55. The van der Waals surface area contributed by atoms with E-state index in [1.807, 2.05) is 12.1 Å². The van der Waals surface area contributed by atoms with Gasteiger partial charge in [-0.1, -0.05) is 6.07 Å². The van der Waals surface area contributed by atoms with Crippen molar-refractivity contribution in [2.24, 2.45) is 0 Å². The van der Waals surface area contributed by atoms with Gasteiger partial charge in [-0.2, -0.15) is 0 Å². The molecule has 0 bridgehead atoms. The van der Waals surface area contributed by atoms with Gasteiger partial charge in [0.05, 0.1) is 14.2 Å². The summed E-state index contributed by atoms with van der Waals surface area (Å²) in [5.41, 5.74) is 0.962. The van der Waals surface area contributed by atoms with Crippen LogP contribution >= 0.6 is 0 Å². The van der Waals surface area contributed by atoms with Crippen molar-refractivity contribution in [1.29, 1.82) is 0 Å². The van der Waals surface area contributed by atoms with Gasteiger partial charge in [0, 0.05) is 23.7 Å². The first kappa shape index (κ1) is 16.3. The fourth-order valence-corrected chi connectivity index (χ4v) is 1.50. The molecule has 0 spiro atoms.